The minimum absolute atomic E-state index is 0.0941. The van der Waals surface area contributed by atoms with Crippen LogP contribution in [0.25, 0.3) is 0 Å². The SMILES string of the molecule is C=C(C)C[C@@H](N)c1cc(OC)c(Br)c(OC)c1. The molecular weight excluding hydrogens is 282 g/mol. The molecule has 0 saturated carbocycles. The zero-order valence-corrected chi connectivity index (χ0v) is 12.0. The standard InChI is InChI=1S/C13H18BrNO2/c1-8(2)5-10(15)9-6-11(16-3)13(14)12(7-9)17-4/h6-7,10H,1,5,15H2,2-4H3/t10-/m1/s1. The molecule has 0 aromatic heterocycles. The van der Waals surface area contributed by atoms with Crippen LogP contribution >= 0.6 is 15.9 Å². The van der Waals surface area contributed by atoms with Crippen LogP contribution in [0.1, 0.15) is 24.9 Å². The quantitative estimate of drug-likeness (QED) is 0.847. The molecule has 1 rings (SSSR count). The van der Waals surface area contributed by atoms with E-state index in [1.54, 1.807) is 14.2 Å². The van der Waals surface area contributed by atoms with Gasteiger partial charge in [0.15, 0.2) is 0 Å². The van der Waals surface area contributed by atoms with E-state index in [2.05, 4.69) is 22.5 Å². The van der Waals surface area contributed by atoms with Crippen molar-refractivity contribution in [2.45, 2.75) is 19.4 Å². The van der Waals surface area contributed by atoms with Crippen molar-refractivity contribution in [3.63, 3.8) is 0 Å². The highest BCUT2D eigenvalue weighted by molar-refractivity contribution is 9.10. The van der Waals surface area contributed by atoms with E-state index in [1.165, 1.54) is 0 Å². The summed E-state index contributed by atoms with van der Waals surface area (Å²) in [7, 11) is 3.24. The van der Waals surface area contributed by atoms with Gasteiger partial charge in [0.25, 0.3) is 0 Å². The molecule has 2 N–H and O–H groups in total. The Hall–Kier alpha value is -1.00. The molecule has 0 aliphatic heterocycles. The van der Waals surface area contributed by atoms with Crippen molar-refractivity contribution >= 4 is 15.9 Å². The molecule has 0 aliphatic rings. The lowest BCUT2D eigenvalue weighted by Crippen LogP contribution is -2.11. The second-order valence-corrected chi connectivity index (χ2v) is 4.80. The van der Waals surface area contributed by atoms with Crippen molar-refractivity contribution in [2.75, 3.05) is 14.2 Å². The molecule has 1 aromatic carbocycles. The molecule has 0 unspecified atom stereocenters. The second kappa shape index (κ2) is 6.07. The Labute approximate surface area is 111 Å². The number of nitrogens with two attached hydrogens (primary N) is 1. The fourth-order valence-corrected chi connectivity index (χ4v) is 2.15. The van der Waals surface area contributed by atoms with Gasteiger partial charge in [-0.05, 0) is 47.0 Å². The fourth-order valence-electron chi connectivity index (χ4n) is 1.60. The summed E-state index contributed by atoms with van der Waals surface area (Å²) in [5.74, 6) is 1.44. The average Bonchev–Trinajstić information content (AvgIpc) is 2.28. The molecule has 94 valence electrons. The van der Waals surface area contributed by atoms with Gasteiger partial charge in [0.2, 0.25) is 0 Å². The van der Waals surface area contributed by atoms with E-state index in [4.69, 9.17) is 15.2 Å². The van der Waals surface area contributed by atoms with E-state index in [0.29, 0.717) is 0 Å². The van der Waals surface area contributed by atoms with Crippen molar-refractivity contribution in [2.24, 2.45) is 5.73 Å². The maximum Gasteiger partial charge on any atom is 0.137 e. The summed E-state index contributed by atoms with van der Waals surface area (Å²) in [6, 6.07) is 3.74. The molecule has 4 heteroatoms. The van der Waals surface area contributed by atoms with E-state index in [1.807, 2.05) is 19.1 Å². The molecular formula is C13H18BrNO2. The molecule has 17 heavy (non-hydrogen) atoms. The molecule has 0 saturated heterocycles. The zero-order valence-electron chi connectivity index (χ0n) is 10.4. The zero-order chi connectivity index (χ0) is 13.0. The Morgan fingerprint density at radius 3 is 2.18 bits per heavy atom. The minimum atomic E-state index is -0.0941. The van der Waals surface area contributed by atoms with Gasteiger partial charge in [0.1, 0.15) is 16.0 Å². The maximum absolute atomic E-state index is 6.11. The van der Waals surface area contributed by atoms with Gasteiger partial charge in [-0.1, -0.05) is 5.57 Å². The first kappa shape index (κ1) is 14.1. The summed E-state index contributed by atoms with van der Waals surface area (Å²) in [5, 5.41) is 0. The molecule has 0 spiro atoms. The average molecular weight is 300 g/mol. The van der Waals surface area contributed by atoms with Crippen LogP contribution in [0.5, 0.6) is 11.5 Å². The van der Waals surface area contributed by atoms with E-state index >= 15 is 0 Å². The van der Waals surface area contributed by atoms with Crippen molar-refractivity contribution in [1.29, 1.82) is 0 Å². The third-order valence-electron chi connectivity index (χ3n) is 2.46. The predicted octanol–water partition coefficient (Wildman–Crippen LogP) is 3.43. The van der Waals surface area contributed by atoms with Crippen LogP contribution in [0, 0.1) is 0 Å². The van der Waals surface area contributed by atoms with Crippen molar-refractivity contribution in [3.05, 3.63) is 34.3 Å². The molecule has 0 amide bonds. The summed E-state index contributed by atoms with van der Waals surface area (Å²) in [5.41, 5.74) is 8.14. The maximum atomic E-state index is 6.11. The van der Waals surface area contributed by atoms with Gasteiger partial charge in [0, 0.05) is 6.04 Å². The molecule has 0 aliphatic carbocycles. The number of hydrogen-bond donors (Lipinski definition) is 1. The second-order valence-electron chi connectivity index (χ2n) is 4.01. The highest BCUT2D eigenvalue weighted by Gasteiger charge is 2.14. The molecule has 0 heterocycles. The van der Waals surface area contributed by atoms with Crippen LogP contribution in [0.4, 0.5) is 0 Å². The van der Waals surface area contributed by atoms with Gasteiger partial charge in [-0.15, -0.1) is 6.58 Å². The number of methoxy groups -OCH3 is 2. The van der Waals surface area contributed by atoms with Crippen molar-refractivity contribution in [1.82, 2.24) is 0 Å². The van der Waals surface area contributed by atoms with Crippen molar-refractivity contribution < 1.29 is 9.47 Å². The van der Waals surface area contributed by atoms with Gasteiger partial charge in [-0.3, -0.25) is 0 Å². The first-order valence-corrected chi connectivity index (χ1v) is 6.10. The number of rotatable bonds is 5. The topological polar surface area (TPSA) is 44.5 Å². The largest absolute Gasteiger partial charge is 0.495 e. The third kappa shape index (κ3) is 3.48. The first-order valence-electron chi connectivity index (χ1n) is 5.31. The third-order valence-corrected chi connectivity index (χ3v) is 3.25. The Balaban J connectivity index is 3.12. The minimum Gasteiger partial charge on any atom is -0.495 e. The van der Waals surface area contributed by atoms with Gasteiger partial charge in [0.05, 0.1) is 14.2 Å². The highest BCUT2D eigenvalue weighted by Crippen LogP contribution is 2.37. The predicted molar refractivity (Wildman–Crippen MR) is 73.6 cm³/mol. The lowest BCUT2D eigenvalue weighted by Gasteiger charge is -2.16. The smallest absolute Gasteiger partial charge is 0.137 e. The number of halogens is 1. The first-order chi connectivity index (χ1) is 7.99. The molecule has 3 nitrogen and oxygen atoms in total. The molecule has 0 fully saturated rings. The molecule has 1 atom stereocenters. The number of hydrogen-bond acceptors (Lipinski definition) is 3. The van der Waals surface area contributed by atoms with Crippen LogP contribution in [0.15, 0.2) is 28.8 Å². The Morgan fingerprint density at radius 2 is 1.82 bits per heavy atom. The van der Waals surface area contributed by atoms with Crippen molar-refractivity contribution in [3.8, 4) is 11.5 Å². The monoisotopic (exact) mass is 299 g/mol. The van der Waals surface area contributed by atoms with Gasteiger partial charge in [-0.2, -0.15) is 0 Å². The molecule has 0 bridgehead atoms. The molecule has 0 radical (unpaired) electrons. The summed E-state index contributed by atoms with van der Waals surface area (Å²) >= 11 is 3.43. The summed E-state index contributed by atoms with van der Waals surface area (Å²) in [6.45, 7) is 5.84. The van der Waals surface area contributed by atoms with Crippen LogP contribution in [0.3, 0.4) is 0 Å². The fraction of sp³-hybridized carbons (Fsp3) is 0.385. The van der Waals surface area contributed by atoms with Gasteiger partial charge in [-0.25, -0.2) is 0 Å². The Bertz CT molecular complexity index is 393. The number of benzene rings is 1. The molecule has 1 aromatic rings. The van der Waals surface area contributed by atoms with Crippen LogP contribution in [0.2, 0.25) is 0 Å². The summed E-state index contributed by atoms with van der Waals surface area (Å²) in [4.78, 5) is 0. The van der Waals surface area contributed by atoms with E-state index in [0.717, 1.165) is 33.5 Å². The van der Waals surface area contributed by atoms with E-state index < -0.39 is 0 Å². The van der Waals surface area contributed by atoms with Crippen LogP contribution in [-0.2, 0) is 0 Å². The van der Waals surface area contributed by atoms with Crippen LogP contribution < -0.4 is 15.2 Å². The van der Waals surface area contributed by atoms with E-state index in [-0.39, 0.29) is 6.04 Å². The summed E-state index contributed by atoms with van der Waals surface area (Å²) < 4.78 is 11.4. The van der Waals surface area contributed by atoms with Gasteiger partial charge < -0.3 is 15.2 Å². The summed E-state index contributed by atoms with van der Waals surface area (Å²) in [6.07, 6.45) is 0.744. The highest BCUT2D eigenvalue weighted by atomic mass is 79.9. The number of ether oxygens (including phenoxy) is 2. The van der Waals surface area contributed by atoms with Gasteiger partial charge >= 0.3 is 0 Å². The Morgan fingerprint density at radius 1 is 1.35 bits per heavy atom. The van der Waals surface area contributed by atoms with E-state index in [9.17, 15) is 0 Å². The lowest BCUT2D eigenvalue weighted by molar-refractivity contribution is 0.388. The lowest BCUT2D eigenvalue weighted by atomic mass is 10.0. The van der Waals surface area contributed by atoms with Crippen LogP contribution in [-0.4, -0.2) is 14.2 Å². The normalized spacial score (nSPS) is 12.1. The Kier molecular flexibility index (Phi) is 5.02.